The largest absolute Gasteiger partial charge is 0.391 e. The van der Waals surface area contributed by atoms with E-state index in [2.05, 4.69) is 0 Å². The molecule has 0 saturated heterocycles. The van der Waals surface area contributed by atoms with Crippen LogP contribution in [0.4, 0.5) is 0 Å². The Labute approximate surface area is 88.2 Å². The average Bonchev–Trinajstić information content (AvgIpc) is 2.13. The Morgan fingerprint density at radius 3 is 1.60 bits per heavy atom. The van der Waals surface area contributed by atoms with Gasteiger partial charge in [0.05, 0.1) is 6.10 Å². The fourth-order valence-corrected chi connectivity index (χ4v) is 0.568. The summed E-state index contributed by atoms with van der Waals surface area (Å²) < 4.78 is 0. The Balaban J connectivity index is 0. The van der Waals surface area contributed by atoms with Crippen molar-refractivity contribution < 1.29 is 30.0 Å². The number of carbonyl (C=O) groups is 2. The summed E-state index contributed by atoms with van der Waals surface area (Å²) in [7, 11) is 0. The predicted octanol–water partition coefficient (Wildman–Crippen LogP) is -1.76. The topological polar surface area (TPSA) is 115 Å². The van der Waals surface area contributed by atoms with Crippen LogP contribution in [0.3, 0.4) is 0 Å². The van der Waals surface area contributed by atoms with Gasteiger partial charge in [-0.1, -0.05) is 0 Å². The maximum absolute atomic E-state index is 9.87. The zero-order valence-electron chi connectivity index (χ0n) is 8.99. The van der Waals surface area contributed by atoms with Gasteiger partial charge >= 0.3 is 0 Å². The highest BCUT2D eigenvalue weighted by Crippen LogP contribution is 2.02. The van der Waals surface area contributed by atoms with Crippen molar-refractivity contribution in [1.82, 2.24) is 0 Å². The number of hydrogen-bond acceptors (Lipinski definition) is 6. The molecule has 0 aromatic heterocycles. The summed E-state index contributed by atoms with van der Waals surface area (Å²) in [5.74, 6) is 0.167. The third-order valence-corrected chi connectivity index (χ3v) is 1.33. The first kappa shape index (κ1) is 16.6. The standard InChI is InChI=1S/C6H12O5.C3H6O/c1-3(8)5(10)6(11)4(9)2-7;1-3(2)4/h2-6,8-11H,1H3;1-2H3/t3-,4-,5-,6-;/m0./s1. The second kappa shape index (κ2) is 8.49. The number of aliphatic hydroxyl groups is 4. The van der Waals surface area contributed by atoms with Gasteiger partial charge in [-0.2, -0.15) is 0 Å². The van der Waals surface area contributed by atoms with E-state index in [-0.39, 0.29) is 12.1 Å². The zero-order valence-corrected chi connectivity index (χ0v) is 8.99. The van der Waals surface area contributed by atoms with Crippen LogP contribution in [0.25, 0.3) is 0 Å². The minimum atomic E-state index is -1.65. The van der Waals surface area contributed by atoms with Gasteiger partial charge in [0, 0.05) is 0 Å². The molecule has 6 heteroatoms. The molecule has 6 nitrogen and oxygen atoms in total. The molecule has 0 aliphatic rings. The Morgan fingerprint density at radius 2 is 1.40 bits per heavy atom. The molecule has 0 bridgehead atoms. The van der Waals surface area contributed by atoms with Crippen LogP contribution in [-0.2, 0) is 9.59 Å². The molecule has 0 heterocycles. The third-order valence-electron chi connectivity index (χ3n) is 1.33. The average molecular weight is 222 g/mol. The molecule has 15 heavy (non-hydrogen) atoms. The van der Waals surface area contributed by atoms with E-state index < -0.39 is 24.4 Å². The van der Waals surface area contributed by atoms with Gasteiger partial charge in [0.25, 0.3) is 0 Å². The minimum absolute atomic E-state index is 0.0935. The van der Waals surface area contributed by atoms with E-state index in [0.29, 0.717) is 0 Å². The molecule has 0 aromatic rings. The lowest BCUT2D eigenvalue weighted by Crippen LogP contribution is -2.43. The number of rotatable bonds is 4. The molecule has 0 aliphatic carbocycles. The van der Waals surface area contributed by atoms with Crippen molar-refractivity contribution in [3.05, 3.63) is 0 Å². The monoisotopic (exact) mass is 222 g/mol. The maximum Gasteiger partial charge on any atom is 0.151 e. The van der Waals surface area contributed by atoms with Gasteiger partial charge in [-0.05, 0) is 20.8 Å². The van der Waals surface area contributed by atoms with Crippen LogP contribution in [0.15, 0.2) is 0 Å². The first-order valence-corrected chi connectivity index (χ1v) is 4.38. The van der Waals surface area contributed by atoms with Crippen molar-refractivity contribution in [2.24, 2.45) is 0 Å². The molecule has 0 unspecified atom stereocenters. The maximum atomic E-state index is 9.87. The highest BCUT2D eigenvalue weighted by molar-refractivity contribution is 5.72. The van der Waals surface area contributed by atoms with Gasteiger partial charge in [-0.25, -0.2) is 0 Å². The van der Waals surface area contributed by atoms with Crippen LogP contribution in [-0.4, -0.2) is 56.9 Å². The lowest BCUT2D eigenvalue weighted by molar-refractivity contribution is -0.132. The van der Waals surface area contributed by atoms with Crippen molar-refractivity contribution in [1.29, 1.82) is 0 Å². The van der Waals surface area contributed by atoms with Crippen molar-refractivity contribution in [2.75, 3.05) is 0 Å². The second-order valence-corrected chi connectivity index (χ2v) is 3.26. The molecule has 0 amide bonds. The van der Waals surface area contributed by atoms with E-state index in [1.165, 1.54) is 20.8 Å². The van der Waals surface area contributed by atoms with Gasteiger partial charge in [0.1, 0.15) is 24.1 Å². The lowest BCUT2D eigenvalue weighted by Gasteiger charge is -2.21. The number of hydrogen-bond donors (Lipinski definition) is 4. The molecule has 0 aromatic carbocycles. The minimum Gasteiger partial charge on any atom is -0.391 e. The lowest BCUT2D eigenvalue weighted by atomic mass is 10.1. The summed E-state index contributed by atoms with van der Waals surface area (Å²) in [5, 5.41) is 35.1. The van der Waals surface area contributed by atoms with Gasteiger partial charge < -0.3 is 30.0 Å². The SMILES string of the molecule is CC(C)=O.C[C@H](O)[C@H](O)[C@@H](O)[C@@H](O)C=O. The summed E-state index contributed by atoms with van der Waals surface area (Å²) in [6.07, 6.45) is -5.88. The molecule has 0 rings (SSSR count). The molecule has 4 atom stereocenters. The summed E-state index contributed by atoms with van der Waals surface area (Å²) in [5.41, 5.74) is 0. The Bertz CT molecular complexity index is 187. The molecule has 0 fully saturated rings. The number of ketones is 1. The van der Waals surface area contributed by atoms with Crippen molar-refractivity contribution in [2.45, 2.75) is 45.2 Å². The van der Waals surface area contributed by atoms with Crippen LogP contribution in [0.2, 0.25) is 0 Å². The molecule has 90 valence electrons. The molecule has 0 spiro atoms. The first-order valence-electron chi connectivity index (χ1n) is 4.38. The predicted molar refractivity (Wildman–Crippen MR) is 52.1 cm³/mol. The molecular formula is C9H18O6. The summed E-state index contributed by atoms with van der Waals surface area (Å²) in [6, 6.07) is 0. The second-order valence-electron chi connectivity index (χ2n) is 3.26. The van der Waals surface area contributed by atoms with Gasteiger partial charge in [0.15, 0.2) is 6.29 Å². The molecule has 0 saturated carbocycles. The molecule has 0 radical (unpaired) electrons. The number of aldehydes is 1. The fraction of sp³-hybridized carbons (Fsp3) is 0.778. The molecule has 4 N–H and O–H groups in total. The van der Waals surface area contributed by atoms with E-state index >= 15 is 0 Å². The van der Waals surface area contributed by atoms with E-state index in [0.717, 1.165) is 0 Å². The van der Waals surface area contributed by atoms with E-state index in [9.17, 15) is 9.59 Å². The van der Waals surface area contributed by atoms with Gasteiger partial charge in [-0.15, -0.1) is 0 Å². The van der Waals surface area contributed by atoms with Crippen LogP contribution in [0.5, 0.6) is 0 Å². The van der Waals surface area contributed by atoms with Crippen molar-refractivity contribution >= 4 is 12.1 Å². The highest BCUT2D eigenvalue weighted by Gasteiger charge is 2.27. The van der Waals surface area contributed by atoms with E-state index in [1.807, 2.05) is 0 Å². The van der Waals surface area contributed by atoms with Crippen LogP contribution >= 0.6 is 0 Å². The number of aliphatic hydroxyl groups excluding tert-OH is 4. The fourth-order valence-electron chi connectivity index (χ4n) is 0.568. The third kappa shape index (κ3) is 9.48. The molecule has 0 aliphatic heterocycles. The number of Topliss-reactive ketones (excluding diaryl/α,β-unsaturated/α-hetero) is 1. The Hall–Kier alpha value is -0.820. The van der Waals surface area contributed by atoms with Gasteiger partial charge in [0.2, 0.25) is 0 Å². The summed E-state index contributed by atoms with van der Waals surface area (Å²) in [4.78, 5) is 19.3. The molecular weight excluding hydrogens is 204 g/mol. The van der Waals surface area contributed by atoms with Crippen molar-refractivity contribution in [3.63, 3.8) is 0 Å². The van der Waals surface area contributed by atoms with Crippen LogP contribution in [0.1, 0.15) is 20.8 Å². The number of carbonyl (C=O) groups excluding carboxylic acids is 2. The van der Waals surface area contributed by atoms with E-state index in [4.69, 9.17) is 20.4 Å². The van der Waals surface area contributed by atoms with Crippen LogP contribution in [0, 0.1) is 0 Å². The van der Waals surface area contributed by atoms with E-state index in [1.54, 1.807) is 0 Å². The zero-order chi connectivity index (χ0) is 12.6. The van der Waals surface area contributed by atoms with Crippen LogP contribution < -0.4 is 0 Å². The normalized spacial score (nSPS) is 17.8. The smallest absolute Gasteiger partial charge is 0.151 e. The van der Waals surface area contributed by atoms with Gasteiger partial charge in [-0.3, -0.25) is 0 Å². The quantitative estimate of drug-likeness (QED) is 0.419. The summed E-state index contributed by atoms with van der Waals surface area (Å²) in [6.45, 7) is 4.30. The Kier molecular flexibility index (Phi) is 9.39. The first-order chi connectivity index (χ1) is 6.73. The highest BCUT2D eigenvalue weighted by atomic mass is 16.4. The van der Waals surface area contributed by atoms with Crippen molar-refractivity contribution in [3.8, 4) is 0 Å². The Morgan fingerprint density at radius 1 is 1.07 bits per heavy atom. The summed E-state index contributed by atoms with van der Waals surface area (Å²) >= 11 is 0.